The minimum Gasteiger partial charge on any atom is -0.510 e. The second-order valence-corrected chi connectivity index (χ2v) is 4.52. The molecule has 18 heavy (non-hydrogen) atoms. The zero-order valence-corrected chi connectivity index (χ0v) is 10.00. The maximum Gasteiger partial charge on any atom is 0.356 e. The Morgan fingerprint density at radius 1 is 1.44 bits per heavy atom. The number of ketones is 1. The average Bonchev–Trinajstić information content (AvgIpc) is 2.59. The summed E-state index contributed by atoms with van der Waals surface area (Å²) in [5.74, 6) is -0.926. The quantitative estimate of drug-likeness (QED) is 0.721. The van der Waals surface area contributed by atoms with Gasteiger partial charge in [0.1, 0.15) is 5.76 Å². The number of Topliss-reactive ketones (excluding diaryl/α,β-unsaturated/α-hetero) is 1. The molecule has 0 radical (unpaired) electrons. The van der Waals surface area contributed by atoms with Gasteiger partial charge in [-0.25, -0.2) is 4.79 Å². The summed E-state index contributed by atoms with van der Waals surface area (Å²) in [6.45, 7) is 0. The predicted molar refractivity (Wildman–Crippen MR) is 60.7 cm³/mol. The number of carbonyl (C=O) groups excluding carboxylic acids is 2. The van der Waals surface area contributed by atoms with Crippen LogP contribution < -0.4 is 5.73 Å². The lowest BCUT2D eigenvalue weighted by Crippen LogP contribution is -2.30. The number of fused-ring (bicyclic) bond motifs is 1. The van der Waals surface area contributed by atoms with Gasteiger partial charge in [0.2, 0.25) is 0 Å². The van der Waals surface area contributed by atoms with E-state index in [2.05, 4.69) is 10.2 Å². The molecule has 0 aromatic rings. The van der Waals surface area contributed by atoms with Gasteiger partial charge in [-0.15, -0.1) is 5.11 Å². The number of allylic oxidation sites excluding steroid dienone is 2. The monoisotopic (exact) mass is 253 g/mol. The Morgan fingerprint density at radius 3 is 2.78 bits per heavy atom. The van der Waals surface area contributed by atoms with Gasteiger partial charge in [-0.2, -0.15) is 0 Å². The van der Waals surface area contributed by atoms with Gasteiger partial charge < -0.3 is 15.6 Å². The molecule has 0 aromatic heterocycles. The molecule has 98 valence electrons. The topological polar surface area (TPSA) is 114 Å². The molecule has 0 heterocycles. The fourth-order valence-electron chi connectivity index (χ4n) is 2.64. The molecule has 2 aliphatic rings. The van der Waals surface area contributed by atoms with E-state index in [1.165, 1.54) is 0 Å². The number of azo groups is 1. The summed E-state index contributed by atoms with van der Waals surface area (Å²) >= 11 is 0. The van der Waals surface area contributed by atoms with Crippen LogP contribution >= 0.6 is 0 Å². The van der Waals surface area contributed by atoms with Crippen molar-refractivity contribution in [3.05, 3.63) is 11.5 Å². The van der Waals surface area contributed by atoms with Gasteiger partial charge in [0.25, 0.3) is 0 Å². The summed E-state index contributed by atoms with van der Waals surface area (Å²) in [6, 6.07) is -0.993. The normalized spacial score (nSPS) is 32.1. The number of hydrogen-bond donors (Lipinski definition) is 2. The van der Waals surface area contributed by atoms with E-state index in [4.69, 9.17) is 10.5 Å². The van der Waals surface area contributed by atoms with E-state index in [1.807, 2.05) is 0 Å². The molecular weight excluding hydrogens is 238 g/mol. The summed E-state index contributed by atoms with van der Waals surface area (Å²) in [4.78, 5) is 22.5. The molecular formula is C11H15N3O4. The molecule has 0 aromatic carbocycles. The average molecular weight is 253 g/mol. The van der Waals surface area contributed by atoms with Crippen molar-refractivity contribution in [1.29, 1.82) is 0 Å². The van der Waals surface area contributed by atoms with Gasteiger partial charge in [0, 0.05) is 18.9 Å². The minimum absolute atomic E-state index is 0.0358. The lowest BCUT2D eigenvalue weighted by molar-refractivity contribution is -0.121. The predicted octanol–water partition coefficient (Wildman–Crippen LogP) is 1.30. The van der Waals surface area contributed by atoms with Gasteiger partial charge in [0.15, 0.2) is 11.5 Å². The highest BCUT2D eigenvalue weighted by Crippen LogP contribution is 2.43. The molecule has 0 saturated heterocycles. The fourth-order valence-corrected chi connectivity index (χ4v) is 2.64. The first kappa shape index (κ1) is 12.7. The highest BCUT2D eigenvalue weighted by atomic mass is 16.5. The maximum absolute atomic E-state index is 12.0. The van der Waals surface area contributed by atoms with Crippen LogP contribution in [0.5, 0.6) is 0 Å². The number of carbonyl (C=O) groups is 2. The zero-order valence-electron chi connectivity index (χ0n) is 10.00. The second kappa shape index (κ2) is 4.85. The standard InChI is InChI=1S/C11H15N3O4/c1-18-5-2-3-6-7(4-5)10(16)8(9(6)15)13-14-11(12)17/h5-7,16H,2-4H2,1H3,(H2,12,17). The summed E-state index contributed by atoms with van der Waals surface area (Å²) in [7, 11) is 1.61. The molecule has 0 aliphatic heterocycles. The van der Waals surface area contributed by atoms with E-state index in [9.17, 15) is 14.7 Å². The van der Waals surface area contributed by atoms with E-state index in [-0.39, 0.29) is 35.2 Å². The SMILES string of the molecule is COC1CCC2C(=O)C(N=NC(N)=O)=C(O)C2C1. The van der Waals surface area contributed by atoms with Crippen LogP contribution in [-0.4, -0.2) is 30.1 Å². The summed E-state index contributed by atoms with van der Waals surface area (Å²) in [5, 5.41) is 16.5. The molecule has 1 saturated carbocycles. The van der Waals surface area contributed by atoms with Gasteiger partial charge in [0.05, 0.1) is 6.10 Å². The van der Waals surface area contributed by atoms with Crippen LogP contribution in [-0.2, 0) is 9.53 Å². The Hall–Kier alpha value is -1.76. The Kier molecular flexibility index (Phi) is 3.42. The van der Waals surface area contributed by atoms with Crippen LogP contribution in [0, 0.1) is 11.8 Å². The number of aliphatic hydroxyl groups is 1. The Morgan fingerprint density at radius 2 is 2.17 bits per heavy atom. The smallest absolute Gasteiger partial charge is 0.356 e. The van der Waals surface area contributed by atoms with Gasteiger partial charge >= 0.3 is 6.03 Å². The largest absolute Gasteiger partial charge is 0.510 e. The van der Waals surface area contributed by atoms with Crippen molar-refractivity contribution in [3.8, 4) is 0 Å². The second-order valence-electron chi connectivity index (χ2n) is 4.52. The van der Waals surface area contributed by atoms with Crippen molar-refractivity contribution in [2.45, 2.75) is 25.4 Å². The van der Waals surface area contributed by atoms with Crippen molar-refractivity contribution in [1.82, 2.24) is 0 Å². The number of aliphatic hydroxyl groups excluding tert-OH is 1. The number of nitrogens with two attached hydrogens (primary N) is 1. The molecule has 3 unspecified atom stereocenters. The summed E-state index contributed by atoms with van der Waals surface area (Å²) in [6.07, 6.45) is 2.03. The van der Waals surface area contributed by atoms with Crippen molar-refractivity contribution >= 4 is 11.8 Å². The molecule has 7 heteroatoms. The van der Waals surface area contributed by atoms with E-state index in [1.54, 1.807) is 7.11 Å². The minimum atomic E-state index is -0.993. The molecule has 2 rings (SSSR count). The first-order valence-corrected chi connectivity index (χ1v) is 5.76. The lowest BCUT2D eigenvalue weighted by Gasteiger charge is -2.29. The molecule has 0 spiro atoms. The number of primary amides is 1. The fraction of sp³-hybridized carbons (Fsp3) is 0.636. The van der Waals surface area contributed by atoms with E-state index < -0.39 is 6.03 Å². The Labute approximate surface area is 104 Å². The molecule has 3 N–H and O–H groups in total. The Balaban J connectivity index is 2.23. The van der Waals surface area contributed by atoms with Crippen molar-refractivity contribution in [2.75, 3.05) is 7.11 Å². The highest BCUT2D eigenvalue weighted by molar-refractivity contribution is 6.00. The van der Waals surface area contributed by atoms with E-state index >= 15 is 0 Å². The third kappa shape index (κ3) is 2.13. The molecule has 7 nitrogen and oxygen atoms in total. The number of urea groups is 1. The molecule has 2 amide bonds. The van der Waals surface area contributed by atoms with Crippen LogP contribution in [0.3, 0.4) is 0 Å². The third-order valence-electron chi connectivity index (χ3n) is 3.55. The van der Waals surface area contributed by atoms with E-state index in [0.29, 0.717) is 12.8 Å². The first-order chi connectivity index (χ1) is 8.54. The van der Waals surface area contributed by atoms with Crippen molar-refractivity contribution < 1.29 is 19.4 Å². The highest BCUT2D eigenvalue weighted by Gasteiger charge is 2.46. The number of methoxy groups -OCH3 is 1. The molecule has 1 fully saturated rings. The zero-order chi connectivity index (χ0) is 13.3. The third-order valence-corrected chi connectivity index (χ3v) is 3.55. The van der Waals surface area contributed by atoms with Gasteiger partial charge in [-0.05, 0) is 19.3 Å². The number of ether oxygens (including phenoxy) is 1. The Bertz CT molecular complexity index is 444. The van der Waals surface area contributed by atoms with E-state index in [0.717, 1.165) is 6.42 Å². The number of rotatable bonds is 2. The van der Waals surface area contributed by atoms with Crippen LogP contribution in [0.4, 0.5) is 4.79 Å². The van der Waals surface area contributed by atoms with Gasteiger partial charge in [-0.3, -0.25) is 4.79 Å². The van der Waals surface area contributed by atoms with Crippen LogP contribution in [0.25, 0.3) is 0 Å². The maximum atomic E-state index is 12.0. The van der Waals surface area contributed by atoms with Crippen LogP contribution in [0.15, 0.2) is 21.7 Å². The van der Waals surface area contributed by atoms with Crippen LogP contribution in [0.1, 0.15) is 19.3 Å². The lowest BCUT2D eigenvalue weighted by atomic mass is 9.79. The van der Waals surface area contributed by atoms with Crippen LogP contribution in [0.2, 0.25) is 0 Å². The number of amides is 2. The number of hydrogen-bond acceptors (Lipinski definition) is 5. The number of nitrogens with zero attached hydrogens (tertiary/aromatic N) is 2. The summed E-state index contributed by atoms with van der Waals surface area (Å²) < 4.78 is 5.24. The first-order valence-electron chi connectivity index (χ1n) is 5.76. The molecule has 0 bridgehead atoms. The molecule has 3 atom stereocenters. The van der Waals surface area contributed by atoms with Gasteiger partial charge in [-0.1, -0.05) is 5.11 Å². The van der Waals surface area contributed by atoms with Crippen molar-refractivity contribution in [2.24, 2.45) is 27.8 Å². The summed E-state index contributed by atoms with van der Waals surface area (Å²) in [5.41, 5.74) is 4.68. The van der Waals surface area contributed by atoms with Crippen molar-refractivity contribution in [3.63, 3.8) is 0 Å². The molecule has 2 aliphatic carbocycles.